The van der Waals surface area contributed by atoms with Crippen molar-refractivity contribution in [3.05, 3.63) is 70.2 Å². The lowest BCUT2D eigenvalue weighted by Crippen LogP contribution is -2.44. The normalized spacial score (nSPS) is 14.2. The van der Waals surface area contributed by atoms with E-state index in [0.29, 0.717) is 28.3 Å². The molecule has 2 N–H and O–H groups in total. The molecule has 1 aliphatic rings. The summed E-state index contributed by atoms with van der Waals surface area (Å²) in [6.45, 7) is 5.69. The van der Waals surface area contributed by atoms with Crippen molar-refractivity contribution in [1.82, 2.24) is 15.5 Å². The Balaban J connectivity index is 0.00000280. The van der Waals surface area contributed by atoms with Crippen LogP contribution in [0.2, 0.25) is 5.02 Å². The number of halogens is 2. The van der Waals surface area contributed by atoms with Crippen LogP contribution in [0.15, 0.2) is 48.5 Å². The number of nitrogens with one attached hydrogen (secondary N) is 2. The maximum Gasteiger partial charge on any atom is 0.252 e. The summed E-state index contributed by atoms with van der Waals surface area (Å²) >= 11 is 5.89. The zero-order valence-corrected chi connectivity index (χ0v) is 17.2. The first kappa shape index (κ1) is 22.4. The van der Waals surface area contributed by atoms with Gasteiger partial charge in [-0.15, -0.1) is 12.4 Å². The van der Waals surface area contributed by atoms with Crippen molar-refractivity contribution in [2.75, 3.05) is 39.3 Å². The smallest absolute Gasteiger partial charge is 0.252 e. The zero-order valence-electron chi connectivity index (χ0n) is 15.6. The van der Waals surface area contributed by atoms with Gasteiger partial charge in [-0.2, -0.15) is 0 Å². The fourth-order valence-electron chi connectivity index (χ4n) is 3.17. The second-order valence-electron chi connectivity index (χ2n) is 6.58. The summed E-state index contributed by atoms with van der Waals surface area (Å²) in [5.74, 6) is -0.397. The van der Waals surface area contributed by atoms with Crippen LogP contribution in [0.3, 0.4) is 0 Å². The monoisotopic (exact) mass is 421 g/mol. The lowest BCUT2D eigenvalue weighted by Gasteiger charge is -2.27. The minimum Gasteiger partial charge on any atom is -0.352 e. The predicted octanol–water partition coefficient (Wildman–Crippen LogP) is 3.02. The molecule has 0 aliphatic carbocycles. The standard InChI is InChI=1S/C21H24ClN3O2.ClH/c22-17-8-6-16(7-9-17)20(26)18-4-1-2-5-19(18)21(27)24-10-3-13-25-14-11-23-12-15-25;/h1-2,4-9,23H,3,10-15H2,(H,24,27);1H. The maximum absolute atomic E-state index is 12.8. The zero-order chi connectivity index (χ0) is 19.1. The summed E-state index contributed by atoms with van der Waals surface area (Å²) in [7, 11) is 0. The van der Waals surface area contributed by atoms with E-state index >= 15 is 0 Å². The fourth-order valence-corrected chi connectivity index (χ4v) is 3.30. The van der Waals surface area contributed by atoms with Crippen molar-refractivity contribution in [3.8, 4) is 0 Å². The molecule has 0 atom stereocenters. The molecule has 5 nitrogen and oxygen atoms in total. The van der Waals surface area contributed by atoms with E-state index in [4.69, 9.17) is 11.6 Å². The highest BCUT2D eigenvalue weighted by molar-refractivity contribution is 6.30. The van der Waals surface area contributed by atoms with Gasteiger partial charge in [-0.05, 0) is 43.3 Å². The van der Waals surface area contributed by atoms with Gasteiger partial charge in [0.05, 0.1) is 5.56 Å². The maximum atomic E-state index is 12.8. The largest absolute Gasteiger partial charge is 0.352 e. The van der Waals surface area contributed by atoms with Crippen LogP contribution in [0.1, 0.15) is 32.7 Å². The second kappa shape index (κ2) is 11.2. The number of nitrogens with zero attached hydrogens (tertiary/aromatic N) is 1. The van der Waals surface area contributed by atoms with Gasteiger partial charge in [-0.3, -0.25) is 9.59 Å². The average molecular weight is 422 g/mol. The fraction of sp³-hybridized carbons (Fsp3) is 0.333. The van der Waals surface area contributed by atoms with Crippen molar-refractivity contribution >= 4 is 35.7 Å². The first-order valence-corrected chi connectivity index (χ1v) is 9.63. The highest BCUT2D eigenvalue weighted by atomic mass is 35.5. The van der Waals surface area contributed by atoms with Gasteiger partial charge in [0.2, 0.25) is 0 Å². The number of carbonyl (C=O) groups excluding carboxylic acids is 2. The van der Waals surface area contributed by atoms with Gasteiger partial charge in [-0.1, -0.05) is 29.8 Å². The minimum atomic E-state index is -0.215. The molecular formula is C21H25Cl2N3O2. The number of piperazine rings is 1. The van der Waals surface area contributed by atoms with Crippen molar-refractivity contribution in [1.29, 1.82) is 0 Å². The third-order valence-electron chi connectivity index (χ3n) is 4.67. The SMILES string of the molecule is Cl.O=C(NCCCN1CCNCC1)c1ccccc1C(=O)c1ccc(Cl)cc1. The molecule has 1 amide bonds. The van der Waals surface area contributed by atoms with Gasteiger partial charge in [0, 0.05) is 48.9 Å². The summed E-state index contributed by atoms with van der Waals surface area (Å²) in [5, 5.41) is 6.84. The third kappa shape index (κ3) is 6.04. The molecule has 0 aromatic heterocycles. The molecule has 3 rings (SSSR count). The van der Waals surface area contributed by atoms with E-state index in [1.807, 2.05) is 0 Å². The molecule has 150 valence electrons. The molecule has 1 fully saturated rings. The lowest BCUT2D eigenvalue weighted by molar-refractivity contribution is 0.0940. The van der Waals surface area contributed by atoms with E-state index in [2.05, 4.69) is 15.5 Å². The number of benzene rings is 2. The number of rotatable bonds is 7. The molecule has 28 heavy (non-hydrogen) atoms. The molecule has 2 aromatic carbocycles. The Labute approximate surface area is 176 Å². The lowest BCUT2D eigenvalue weighted by atomic mass is 9.98. The average Bonchev–Trinajstić information content (AvgIpc) is 2.72. The van der Waals surface area contributed by atoms with Gasteiger partial charge in [0.1, 0.15) is 0 Å². The van der Waals surface area contributed by atoms with Crippen molar-refractivity contribution in [3.63, 3.8) is 0 Å². The molecule has 0 saturated carbocycles. The predicted molar refractivity (Wildman–Crippen MR) is 115 cm³/mol. The Morgan fingerprint density at radius 3 is 2.32 bits per heavy atom. The Hall–Kier alpha value is -1.92. The Morgan fingerprint density at radius 1 is 1.00 bits per heavy atom. The Bertz CT molecular complexity index is 790. The molecule has 0 bridgehead atoms. The van der Waals surface area contributed by atoms with Crippen LogP contribution in [-0.2, 0) is 0 Å². The van der Waals surface area contributed by atoms with Crippen LogP contribution in [0.4, 0.5) is 0 Å². The van der Waals surface area contributed by atoms with E-state index < -0.39 is 0 Å². The molecule has 2 aromatic rings. The van der Waals surface area contributed by atoms with Gasteiger partial charge >= 0.3 is 0 Å². The molecule has 0 unspecified atom stereocenters. The van der Waals surface area contributed by atoms with Crippen molar-refractivity contribution < 1.29 is 9.59 Å². The molecule has 0 radical (unpaired) electrons. The van der Waals surface area contributed by atoms with E-state index in [9.17, 15) is 9.59 Å². The van der Waals surface area contributed by atoms with E-state index in [1.54, 1.807) is 48.5 Å². The van der Waals surface area contributed by atoms with Crippen LogP contribution in [-0.4, -0.2) is 55.9 Å². The van der Waals surface area contributed by atoms with Crippen molar-refractivity contribution in [2.45, 2.75) is 6.42 Å². The van der Waals surface area contributed by atoms with E-state index in [0.717, 1.165) is 39.1 Å². The third-order valence-corrected chi connectivity index (χ3v) is 4.92. The van der Waals surface area contributed by atoms with Crippen molar-refractivity contribution in [2.24, 2.45) is 0 Å². The van der Waals surface area contributed by atoms with Crippen LogP contribution < -0.4 is 10.6 Å². The first-order valence-electron chi connectivity index (χ1n) is 9.26. The molecule has 1 heterocycles. The summed E-state index contributed by atoms with van der Waals surface area (Å²) in [6, 6.07) is 13.6. The first-order chi connectivity index (χ1) is 13.1. The minimum absolute atomic E-state index is 0. The van der Waals surface area contributed by atoms with Crippen LogP contribution in [0.25, 0.3) is 0 Å². The van der Waals surface area contributed by atoms with Gasteiger partial charge in [0.15, 0.2) is 5.78 Å². The number of amides is 1. The number of hydrogen-bond donors (Lipinski definition) is 2. The number of hydrogen-bond acceptors (Lipinski definition) is 4. The van der Waals surface area contributed by atoms with Crippen LogP contribution in [0.5, 0.6) is 0 Å². The van der Waals surface area contributed by atoms with Gasteiger partial charge in [-0.25, -0.2) is 0 Å². The molecule has 1 aliphatic heterocycles. The molecular weight excluding hydrogens is 397 g/mol. The summed E-state index contributed by atoms with van der Waals surface area (Å²) in [4.78, 5) is 27.8. The highest BCUT2D eigenvalue weighted by Crippen LogP contribution is 2.17. The second-order valence-corrected chi connectivity index (χ2v) is 7.02. The highest BCUT2D eigenvalue weighted by Gasteiger charge is 2.18. The van der Waals surface area contributed by atoms with Crippen LogP contribution in [0, 0.1) is 0 Å². The molecule has 0 spiro atoms. The quantitative estimate of drug-likeness (QED) is 0.532. The Kier molecular flexibility index (Phi) is 8.93. The molecule has 1 saturated heterocycles. The summed E-state index contributed by atoms with van der Waals surface area (Å²) < 4.78 is 0. The van der Waals surface area contributed by atoms with E-state index in [-0.39, 0.29) is 24.1 Å². The van der Waals surface area contributed by atoms with Gasteiger partial charge < -0.3 is 15.5 Å². The Morgan fingerprint density at radius 2 is 1.64 bits per heavy atom. The van der Waals surface area contributed by atoms with Gasteiger partial charge in [0.25, 0.3) is 5.91 Å². The summed E-state index contributed by atoms with van der Waals surface area (Å²) in [6.07, 6.45) is 0.888. The van der Waals surface area contributed by atoms with E-state index in [1.165, 1.54) is 0 Å². The molecule has 7 heteroatoms. The topological polar surface area (TPSA) is 61.4 Å². The summed E-state index contributed by atoms with van der Waals surface area (Å²) in [5.41, 5.74) is 1.32. The number of ketones is 1. The number of carbonyl (C=O) groups is 2. The van der Waals surface area contributed by atoms with Crippen LogP contribution >= 0.6 is 24.0 Å².